The monoisotopic (exact) mass is 251 g/mol. The molecule has 0 aliphatic carbocycles. The SMILES string of the molecule is CC(=O)Nc1ccc(Cl)c(NC(=O)CC#N)c1. The molecule has 0 fully saturated rings. The zero-order chi connectivity index (χ0) is 12.8. The van der Waals surface area contributed by atoms with E-state index in [-0.39, 0.29) is 12.3 Å². The Hall–Kier alpha value is -2.06. The number of nitriles is 1. The van der Waals surface area contributed by atoms with Crippen molar-refractivity contribution < 1.29 is 9.59 Å². The lowest BCUT2D eigenvalue weighted by molar-refractivity contribution is -0.115. The minimum Gasteiger partial charge on any atom is -0.326 e. The number of nitrogens with zero attached hydrogens (tertiary/aromatic N) is 1. The summed E-state index contributed by atoms with van der Waals surface area (Å²) in [7, 11) is 0. The average Bonchev–Trinajstić information content (AvgIpc) is 2.22. The zero-order valence-corrected chi connectivity index (χ0v) is 9.84. The molecule has 0 aliphatic rings. The molecular formula is C11H10ClN3O2. The second-order valence-corrected chi connectivity index (χ2v) is 3.67. The summed E-state index contributed by atoms with van der Waals surface area (Å²) < 4.78 is 0. The zero-order valence-electron chi connectivity index (χ0n) is 9.08. The first-order valence-corrected chi connectivity index (χ1v) is 5.14. The number of anilines is 2. The lowest BCUT2D eigenvalue weighted by atomic mass is 10.2. The van der Waals surface area contributed by atoms with Crippen molar-refractivity contribution in [3.63, 3.8) is 0 Å². The van der Waals surface area contributed by atoms with Crippen LogP contribution in [0, 0.1) is 11.3 Å². The fourth-order valence-corrected chi connectivity index (χ4v) is 1.33. The van der Waals surface area contributed by atoms with Crippen LogP contribution in [-0.4, -0.2) is 11.8 Å². The number of benzene rings is 1. The molecular weight excluding hydrogens is 242 g/mol. The second-order valence-electron chi connectivity index (χ2n) is 3.26. The van der Waals surface area contributed by atoms with Gasteiger partial charge in [0.15, 0.2) is 0 Å². The van der Waals surface area contributed by atoms with Gasteiger partial charge in [-0.2, -0.15) is 5.26 Å². The third-order valence-electron chi connectivity index (χ3n) is 1.80. The van der Waals surface area contributed by atoms with E-state index < -0.39 is 5.91 Å². The molecule has 2 N–H and O–H groups in total. The molecule has 2 amide bonds. The summed E-state index contributed by atoms with van der Waals surface area (Å²) in [5.74, 6) is -0.670. The Balaban J connectivity index is 2.87. The summed E-state index contributed by atoms with van der Waals surface area (Å²) in [5.41, 5.74) is 0.882. The van der Waals surface area contributed by atoms with Gasteiger partial charge in [-0.15, -0.1) is 0 Å². The number of amides is 2. The van der Waals surface area contributed by atoms with Gasteiger partial charge in [0.25, 0.3) is 0 Å². The van der Waals surface area contributed by atoms with Gasteiger partial charge in [0.1, 0.15) is 6.42 Å². The fraction of sp³-hybridized carbons (Fsp3) is 0.182. The first kappa shape index (κ1) is 13.0. The lowest BCUT2D eigenvalue weighted by Gasteiger charge is -2.08. The van der Waals surface area contributed by atoms with Gasteiger partial charge in [0.05, 0.1) is 16.8 Å². The molecule has 0 heterocycles. The van der Waals surface area contributed by atoms with E-state index in [4.69, 9.17) is 16.9 Å². The summed E-state index contributed by atoms with van der Waals surface area (Å²) in [6.07, 6.45) is -0.249. The Kier molecular flexibility index (Phi) is 4.49. The topological polar surface area (TPSA) is 82.0 Å². The first-order valence-electron chi connectivity index (χ1n) is 4.77. The van der Waals surface area contributed by atoms with Crippen molar-refractivity contribution >= 4 is 34.8 Å². The minimum atomic E-state index is -0.450. The van der Waals surface area contributed by atoms with E-state index in [1.807, 2.05) is 0 Å². The van der Waals surface area contributed by atoms with E-state index in [9.17, 15) is 9.59 Å². The minimum absolute atomic E-state index is 0.221. The molecule has 0 aliphatic heterocycles. The summed E-state index contributed by atoms with van der Waals surface area (Å²) >= 11 is 5.87. The highest BCUT2D eigenvalue weighted by Gasteiger charge is 2.07. The number of hydrogen-bond donors (Lipinski definition) is 2. The molecule has 0 spiro atoms. The van der Waals surface area contributed by atoms with E-state index in [0.29, 0.717) is 16.4 Å². The normalized spacial score (nSPS) is 9.24. The van der Waals surface area contributed by atoms with Crippen LogP contribution < -0.4 is 10.6 Å². The summed E-state index contributed by atoms with van der Waals surface area (Å²) in [6, 6.07) is 6.42. The van der Waals surface area contributed by atoms with Gasteiger partial charge in [0.2, 0.25) is 11.8 Å². The van der Waals surface area contributed by atoms with Gasteiger partial charge in [-0.1, -0.05) is 11.6 Å². The van der Waals surface area contributed by atoms with E-state index in [2.05, 4.69) is 10.6 Å². The molecule has 6 heteroatoms. The highest BCUT2D eigenvalue weighted by atomic mass is 35.5. The van der Waals surface area contributed by atoms with E-state index in [1.54, 1.807) is 18.2 Å². The molecule has 0 unspecified atom stereocenters. The highest BCUT2D eigenvalue weighted by Crippen LogP contribution is 2.25. The number of hydrogen-bond acceptors (Lipinski definition) is 3. The Bertz CT molecular complexity index is 494. The van der Waals surface area contributed by atoms with Gasteiger partial charge in [-0.05, 0) is 18.2 Å². The molecule has 5 nitrogen and oxygen atoms in total. The molecule has 0 atom stereocenters. The first-order chi connectivity index (χ1) is 8.02. The van der Waals surface area contributed by atoms with Crippen LogP contribution >= 0.6 is 11.6 Å². The van der Waals surface area contributed by atoms with Crippen LogP contribution in [0.4, 0.5) is 11.4 Å². The second kappa shape index (κ2) is 5.87. The van der Waals surface area contributed by atoms with Crippen molar-refractivity contribution in [1.82, 2.24) is 0 Å². The number of rotatable bonds is 3. The van der Waals surface area contributed by atoms with Crippen LogP contribution in [0.5, 0.6) is 0 Å². The molecule has 1 aromatic carbocycles. The molecule has 0 aromatic heterocycles. The summed E-state index contributed by atoms with van der Waals surface area (Å²) in [5, 5.41) is 13.7. The number of nitrogens with one attached hydrogen (secondary N) is 2. The number of carbonyl (C=O) groups is 2. The molecule has 88 valence electrons. The van der Waals surface area contributed by atoms with Crippen molar-refractivity contribution in [2.24, 2.45) is 0 Å². The third-order valence-corrected chi connectivity index (χ3v) is 2.13. The molecule has 17 heavy (non-hydrogen) atoms. The standard InChI is InChI=1S/C11H10ClN3O2/c1-7(16)14-8-2-3-9(12)10(6-8)15-11(17)4-5-13/h2-3,6H,4H2,1H3,(H,14,16)(H,15,17). The van der Waals surface area contributed by atoms with Gasteiger partial charge in [0, 0.05) is 12.6 Å². The van der Waals surface area contributed by atoms with Crippen LogP contribution in [0.15, 0.2) is 18.2 Å². The molecule has 0 saturated heterocycles. The third kappa shape index (κ3) is 4.13. The predicted octanol–water partition coefficient (Wildman–Crippen LogP) is 2.15. The maximum Gasteiger partial charge on any atom is 0.238 e. The van der Waals surface area contributed by atoms with Crippen molar-refractivity contribution in [1.29, 1.82) is 5.26 Å². The van der Waals surface area contributed by atoms with Crippen molar-refractivity contribution in [3.8, 4) is 6.07 Å². The fourth-order valence-electron chi connectivity index (χ4n) is 1.17. The van der Waals surface area contributed by atoms with Crippen LogP contribution in [0.25, 0.3) is 0 Å². The van der Waals surface area contributed by atoms with Crippen LogP contribution in [0.2, 0.25) is 5.02 Å². The Morgan fingerprint density at radius 1 is 1.41 bits per heavy atom. The van der Waals surface area contributed by atoms with Crippen molar-refractivity contribution in [3.05, 3.63) is 23.2 Å². The molecule has 1 aromatic rings. The summed E-state index contributed by atoms with van der Waals surface area (Å²) in [6.45, 7) is 1.38. The smallest absolute Gasteiger partial charge is 0.238 e. The van der Waals surface area contributed by atoms with Gasteiger partial charge in [-0.3, -0.25) is 9.59 Å². The maximum atomic E-state index is 11.2. The van der Waals surface area contributed by atoms with E-state index in [1.165, 1.54) is 13.0 Å². The van der Waals surface area contributed by atoms with Crippen LogP contribution in [0.1, 0.15) is 13.3 Å². The largest absolute Gasteiger partial charge is 0.326 e. The molecule has 0 bridgehead atoms. The molecule has 1 rings (SSSR count). The number of halogens is 1. The summed E-state index contributed by atoms with van der Waals surface area (Å²) in [4.78, 5) is 22.1. The van der Waals surface area contributed by atoms with Gasteiger partial charge >= 0.3 is 0 Å². The highest BCUT2D eigenvalue weighted by molar-refractivity contribution is 6.33. The lowest BCUT2D eigenvalue weighted by Crippen LogP contribution is -2.11. The quantitative estimate of drug-likeness (QED) is 0.864. The van der Waals surface area contributed by atoms with Crippen LogP contribution in [0.3, 0.4) is 0 Å². The molecule has 0 saturated carbocycles. The van der Waals surface area contributed by atoms with Crippen molar-refractivity contribution in [2.75, 3.05) is 10.6 Å². The van der Waals surface area contributed by atoms with Gasteiger partial charge < -0.3 is 10.6 Å². The average molecular weight is 252 g/mol. The Labute approximate surface area is 103 Å². The maximum absolute atomic E-state index is 11.2. The van der Waals surface area contributed by atoms with E-state index >= 15 is 0 Å². The molecule has 0 radical (unpaired) electrons. The predicted molar refractivity (Wildman–Crippen MR) is 64.6 cm³/mol. The Morgan fingerprint density at radius 2 is 2.12 bits per heavy atom. The van der Waals surface area contributed by atoms with E-state index in [0.717, 1.165) is 0 Å². The Morgan fingerprint density at radius 3 is 2.71 bits per heavy atom. The van der Waals surface area contributed by atoms with Gasteiger partial charge in [-0.25, -0.2) is 0 Å². The van der Waals surface area contributed by atoms with Crippen molar-refractivity contribution in [2.45, 2.75) is 13.3 Å². The van der Waals surface area contributed by atoms with Crippen LogP contribution in [-0.2, 0) is 9.59 Å². The number of carbonyl (C=O) groups excluding carboxylic acids is 2.